The van der Waals surface area contributed by atoms with E-state index in [1.807, 2.05) is 73.1 Å². The summed E-state index contributed by atoms with van der Waals surface area (Å²) in [5.74, 6) is 1.54. The maximum absolute atomic E-state index is 13.2. The molecule has 0 saturated heterocycles. The number of amides is 1. The topological polar surface area (TPSA) is 81.1 Å². The SMILES string of the molecule is CCOc1ccc(NC(=O)[C@H]2Sc3nnc(CC)n3N[C@@H]2c2ccccc2)cc1. The lowest BCUT2D eigenvalue weighted by molar-refractivity contribution is -0.116. The zero-order valence-electron chi connectivity index (χ0n) is 16.3. The molecule has 0 aliphatic carbocycles. The summed E-state index contributed by atoms with van der Waals surface area (Å²) < 4.78 is 7.36. The van der Waals surface area contributed by atoms with Gasteiger partial charge in [0.15, 0.2) is 5.82 Å². The average molecular weight is 410 g/mol. The fourth-order valence-electron chi connectivity index (χ4n) is 3.25. The van der Waals surface area contributed by atoms with Gasteiger partial charge in [-0.25, -0.2) is 4.68 Å². The Morgan fingerprint density at radius 1 is 1.14 bits per heavy atom. The number of ether oxygens (including phenoxy) is 1. The third kappa shape index (κ3) is 4.07. The van der Waals surface area contributed by atoms with Crippen molar-refractivity contribution >= 4 is 23.4 Å². The second-order valence-corrected chi connectivity index (χ2v) is 7.70. The Balaban J connectivity index is 1.59. The van der Waals surface area contributed by atoms with Crippen LogP contribution >= 0.6 is 11.8 Å². The molecule has 7 nitrogen and oxygen atoms in total. The number of fused-ring (bicyclic) bond motifs is 1. The van der Waals surface area contributed by atoms with Gasteiger partial charge >= 0.3 is 0 Å². The number of aryl methyl sites for hydroxylation is 1. The Labute approximate surface area is 173 Å². The summed E-state index contributed by atoms with van der Waals surface area (Å²) in [4.78, 5) is 13.2. The minimum absolute atomic E-state index is 0.0900. The van der Waals surface area contributed by atoms with E-state index in [2.05, 4.69) is 20.9 Å². The van der Waals surface area contributed by atoms with Crippen LogP contribution in [0.3, 0.4) is 0 Å². The minimum Gasteiger partial charge on any atom is -0.494 e. The van der Waals surface area contributed by atoms with E-state index in [-0.39, 0.29) is 11.9 Å². The number of carbonyl (C=O) groups excluding carboxylic acids is 1. The van der Waals surface area contributed by atoms with Crippen LogP contribution in [0, 0.1) is 0 Å². The van der Waals surface area contributed by atoms with Gasteiger partial charge in [0.05, 0.1) is 12.6 Å². The molecule has 0 unspecified atom stereocenters. The first kappa shape index (κ1) is 19.3. The molecule has 1 aliphatic rings. The Morgan fingerprint density at radius 3 is 2.59 bits per heavy atom. The number of nitrogens with one attached hydrogen (secondary N) is 2. The van der Waals surface area contributed by atoms with Crippen LogP contribution in [0.25, 0.3) is 0 Å². The first-order valence-corrected chi connectivity index (χ1v) is 10.5. The van der Waals surface area contributed by atoms with Gasteiger partial charge in [-0.2, -0.15) is 0 Å². The first-order valence-electron chi connectivity index (χ1n) is 9.65. The van der Waals surface area contributed by atoms with Crippen LogP contribution in [-0.2, 0) is 11.2 Å². The van der Waals surface area contributed by atoms with Gasteiger partial charge in [0.25, 0.3) is 0 Å². The van der Waals surface area contributed by atoms with Crippen LogP contribution in [-0.4, -0.2) is 32.6 Å². The van der Waals surface area contributed by atoms with Gasteiger partial charge in [0, 0.05) is 12.1 Å². The summed E-state index contributed by atoms with van der Waals surface area (Å²) in [5.41, 5.74) is 5.21. The van der Waals surface area contributed by atoms with Gasteiger partial charge in [-0.15, -0.1) is 10.2 Å². The summed E-state index contributed by atoms with van der Waals surface area (Å²) in [6.45, 7) is 4.58. The van der Waals surface area contributed by atoms with E-state index in [4.69, 9.17) is 4.74 Å². The molecule has 150 valence electrons. The molecule has 0 saturated carbocycles. The lowest BCUT2D eigenvalue weighted by Crippen LogP contribution is -2.41. The highest BCUT2D eigenvalue weighted by atomic mass is 32.2. The molecule has 0 fully saturated rings. The quantitative estimate of drug-likeness (QED) is 0.647. The van der Waals surface area contributed by atoms with Crippen molar-refractivity contribution in [2.24, 2.45) is 0 Å². The van der Waals surface area contributed by atoms with Crippen molar-refractivity contribution in [2.75, 3.05) is 17.3 Å². The van der Waals surface area contributed by atoms with Gasteiger partial charge in [0.1, 0.15) is 11.0 Å². The highest BCUT2D eigenvalue weighted by molar-refractivity contribution is 8.00. The van der Waals surface area contributed by atoms with Crippen LogP contribution in [0.5, 0.6) is 5.75 Å². The molecule has 1 aromatic heterocycles. The fourth-order valence-corrected chi connectivity index (χ4v) is 4.35. The van der Waals surface area contributed by atoms with Gasteiger partial charge in [-0.3, -0.25) is 4.79 Å². The van der Waals surface area contributed by atoms with Crippen molar-refractivity contribution in [2.45, 2.75) is 36.7 Å². The van der Waals surface area contributed by atoms with E-state index in [0.29, 0.717) is 11.8 Å². The Kier molecular flexibility index (Phi) is 5.71. The van der Waals surface area contributed by atoms with Crippen molar-refractivity contribution in [1.82, 2.24) is 14.9 Å². The number of hydrogen-bond acceptors (Lipinski definition) is 6. The highest BCUT2D eigenvalue weighted by Crippen LogP contribution is 2.37. The van der Waals surface area contributed by atoms with Crippen LogP contribution in [0.4, 0.5) is 5.69 Å². The molecular weight excluding hydrogens is 386 g/mol. The zero-order valence-corrected chi connectivity index (χ0v) is 17.1. The van der Waals surface area contributed by atoms with E-state index in [9.17, 15) is 4.79 Å². The number of nitrogens with zero attached hydrogens (tertiary/aromatic N) is 3. The first-order chi connectivity index (χ1) is 14.2. The largest absolute Gasteiger partial charge is 0.494 e. The van der Waals surface area contributed by atoms with E-state index in [0.717, 1.165) is 29.2 Å². The number of benzene rings is 2. The molecule has 0 radical (unpaired) electrons. The number of anilines is 1. The summed E-state index contributed by atoms with van der Waals surface area (Å²) in [6, 6.07) is 17.2. The predicted molar refractivity (Wildman–Crippen MR) is 114 cm³/mol. The summed E-state index contributed by atoms with van der Waals surface area (Å²) in [5, 5.41) is 11.8. The van der Waals surface area contributed by atoms with Crippen LogP contribution < -0.4 is 15.5 Å². The summed E-state index contributed by atoms with van der Waals surface area (Å²) in [6.07, 6.45) is 0.755. The lowest BCUT2D eigenvalue weighted by Gasteiger charge is -2.33. The van der Waals surface area contributed by atoms with Crippen molar-refractivity contribution in [3.63, 3.8) is 0 Å². The molecule has 2 N–H and O–H groups in total. The van der Waals surface area contributed by atoms with Crippen LogP contribution in [0.2, 0.25) is 0 Å². The zero-order chi connectivity index (χ0) is 20.2. The number of hydrogen-bond donors (Lipinski definition) is 2. The molecule has 29 heavy (non-hydrogen) atoms. The normalized spacial score (nSPS) is 17.9. The summed E-state index contributed by atoms with van der Waals surface area (Å²) >= 11 is 1.42. The number of rotatable bonds is 6. The van der Waals surface area contributed by atoms with Gasteiger partial charge in [-0.05, 0) is 36.8 Å². The molecule has 8 heteroatoms. The van der Waals surface area contributed by atoms with Gasteiger partial charge in [0.2, 0.25) is 11.1 Å². The smallest absolute Gasteiger partial charge is 0.240 e. The second kappa shape index (κ2) is 8.57. The molecule has 2 atom stereocenters. The molecule has 0 bridgehead atoms. The molecule has 0 spiro atoms. The molecule has 1 amide bonds. The molecule has 3 aromatic rings. The van der Waals surface area contributed by atoms with E-state index < -0.39 is 5.25 Å². The van der Waals surface area contributed by atoms with Crippen molar-refractivity contribution in [3.8, 4) is 5.75 Å². The lowest BCUT2D eigenvalue weighted by atomic mass is 10.0. The molecule has 2 heterocycles. The maximum Gasteiger partial charge on any atom is 0.240 e. The number of aromatic nitrogens is 3. The van der Waals surface area contributed by atoms with Crippen molar-refractivity contribution < 1.29 is 9.53 Å². The maximum atomic E-state index is 13.2. The van der Waals surface area contributed by atoms with Crippen LogP contribution in [0.1, 0.15) is 31.3 Å². The Hall–Kier alpha value is -3.00. The average Bonchev–Trinajstić information content (AvgIpc) is 3.17. The van der Waals surface area contributed by atoms with Gasteiger partial charge in [-0.1, -0.05) is 49.0 Å². The van der Waals surface area contributed by atoms with Crippen LogP contribution in [0.15, 0.2) is 59.8 Å². The fraction of sp³-hybridized carbons (Fsp3) is 0.286. The molecule has 2 aromatic carbocycles. The Bertz CT molecular complexity index is 974. The third-order valence-corrected chi connectivity index (χ3v) is 5.89. The van der Waals surface area contributed by atoms with Crippen molar-refractivity contribution in [3.05, 3.63) is 66.0 Å². The Morgan fingerprint density at radius 2 is 1.90 bits per heavy atom. The molecular formula is C21H23N5O2S. The van der Waals surface area contributed by atoms with E-state index in [1.165, 1.54) is 11.8 Å². The standard InChI is InChI=1S/C21H23N5O2S/c1-3-17-23-24-21-26(17)25-18(14-8-6-5-7-9-14)19(29-21)20(27)22-15-10-12-16(13-11-15)28-4-2/h5-13,18-19,25H,3-4H2,1-2H3,(H,22,27)/t18-,19+/m1/s1. The molecule has 1 aliphatic heterocycles. The monoisotopic (exact) mass is 409 g/mol. The third-order valence-electron chi connectivity index (χ3n) is 4.67. The predicted octanol–water partition coefficient (Wildman–Crippen LogP) is 3.64. The number of carbonyl (C=O) groups is 1. The summed E-state index contributed by atoms with van der Waals surface area (Å²) in [7, 11) is 0. The van der Waals surface area contributed by atoms with E-state index >= 15 is 0 Å². The van der Waals surface area contributed by atoms with Gasteiger partial charge < -0.3 is 15.5 Å². The minimum atomic E-state index is -0.398. The molecule has 4 rings (SSSR count). The highest BCUT2D eigenvalue weighted by Gasteiger charge is 2.37. The van der Waals surface area contributed by atoms with Crippen molar-refractivity contribution in [1.29, 1.82) is 0 Å². The van der Waals surface area contributed by atoms with E-state index in [1.54, 1.807) is 0 Å². The number of thioether (sulfide) groups is 1. The second-order valence-electron chi connectivity index (χ2n) is 6.59.